The number of methoxy groups -OCH3 is 1. The second kappa shape index (κ2) is 5.61. The van der Waals surface area contributed by atoms with Crippen LogP contribution in [0, 0.1) is 13.8 Å². The zero-order valence-corrected chi connectivity index (χ0v) is 11.3. The molecule has 0 unspecified atom stereocenters. The van der Waals surface area contributed by atoms with Gasteiger partial charge in [-0.1, -0.05) is 17.2 Å². The van der Waals surface area contributed by atoms with Crippen LogP contribution in [0.15, 0.2) is 30.6 Å². The fourth-order valence-corrected chi connectivity index (χ4v) is 1.99. The van der Waals surface area contributed by atoms with Gasteiger partial charge in [0.15, 0.2) is 5.78 Å². The SMILES string of the molecule is COc1cc(CC(=O)c2cc(C)cc(C)c2)ncn1. The van der Waals surface area contributed by atoms with Crippen molar-refractivity contribution in [3.63, 3.8) is 0 Å². The molecule has 0 N–H and O–H groups in total. The number of hydrogen-bond acceptors (Lipinski definition) is 4. The van der Waals surface area contributed by atoms with Crippen molar-refractivity contribution in [2.45, 2.75) is 20.3 Å². The summed E-state index contributed by atoms with van der Waals surface area (Å²) in [6.07, 6.45) is 1.66. The van der Waals surface area contributed by atoms with E-state index in [0.29, 0.717) is 11.6 Å². The Morgan fingerprint density at radius 2 is 1.79 bits per heavy atom. The maximum absolute atomic E-state index is 12.2. The number of Topliss-reactive ketones (excluding diaryl/α,β-unsaturated/α-hetero) is 1. The second-order valence-electron chi connectivity index (χ2n) is 4.53. The van der Waals surface area contributed by atoms with Gasteiger partial charge in [0.1, 0.15) is 6.33 Å². The molecule has 0 radical (unpaired) electrons. The summed E-state index contributed by atoms with van der Waals surface area (Å²) in [6.45, 7) is 3.97. The fraction of sp³-hybridized carbons (Fsp3) is 0.267. The zero-order chi connectivity index (χ0) is 13.8. The molecule has 0 fully saturated rings. The summed E-state index contributed by atoms with van der Waals surface area (Å²) in [6, 6.07) is 7.52. The van der Waals surface area contributed by atoms with E-state index < -0.39 is 0 Å². The molecule has 0 atom stereocenters. The van der Waals surface area contributed by atoms with Gasteiger partial charge >= 0.3 is 0 Å². The number of carbonyl (C=O) groups excluding carboxylic acids is 1. The molecule has 0 aliphatic heterocycles. The third-order valence-corrected chi connectivity index (χ3v) is 2.79. The molecule has 0 saturated heterocycles. The summed E-state index contributed by atoms with van der Waals surface area (Å²) in [4.78, 5) is 20.2. The highest BCUT2D eigenvalue weighted by Gasteiger charge is 2.10. The van der Waals surface area contributed by atoms with E-state index in [1.807, 2.05) is 32.0 Å². The Morgan fingerprint density at radius 1 is 1.11 bits per heavy atom. The van der Waals surface area contributed by atoms with E-state index in [9.17, 15) is 4.79 Å². The van der Waals surface area contributed by atoms with Crippen molar-refractivity contribution < 1.29 is 9.53 Å². The number of aromatic nitrogens is 2. The molecule has 1 aromatic carbocycles. The number of ether oxygens (including phenoxy) is 1. The third kappa shape index (κ3) is 3.37. The maximum Gasteiger partial charge on any atom is 0.216 e. The minimum absolute atomic E-state index is 0.0487. The molecule has 4 nitrogen and oxygen atoms in total. The molecule has 2 aromatic rings. The van der Waals surface area contributed by atoms with Gasteiger partial charge in [-0.05, 0) is 26.0 Å². The molecule has 0 amide bonds. The molecule has 0 aliphatic rings. The molecule has 0 spiro atoms. The number of aryl methyl sites for hydroxylation is 2. The molecule has 1 aromatic heterocycles. The maximum atomic E-state index is 12.2. The van der Waals surface area contributed by atoms with Crippen molar-refractivity contribution >= 4 is 5.78 Å². The Bertz CT molecular complexity index is 589. The summed E-state index contributed by atoms with van der Waals surface area (Å²) in [5.74, 6) is 0.519. The van der Waals surface area contributed by atoms with Crippen LogP contribution in [0.2, 0.25) is 0 Å². The lowest BCUT2D eigenvalue weighted by atomic mass is 10.0. The van der Waals surface area contributed by atoms with Crippen molar-refractivity contribution in [1.82, 2.24) is 9.97 Å². The van der Waals surface area contributed by atoms with Crippen LogP contribution in [0.3, 0.4) is 0 Å². The minimum Gasteiger partial charge on any atom is -0.481 e. The predicted molar refractivity (Wildman–Crippen MR) is 72.5 cm³/mol. The molecule has 1 heterocycles. The normalized spacial score (nSPS) is 10.3. The average molecular weight is 256 g/mol. The Hall–Kier alpha value is -2.23. The first-order chi connectivity index (χ1) is 9.08. The van der Waals surface area contributed by atoms with Crippen LogP contribution in [-0.2, 0) is 6.42 Å². The topological polar surface area (TPSA) is 52.1 Å². The Morgan fingerprint density at radius 3 is 2.42 bits per heavy atom. The van der Waals surface area contributed by atoms with Crippen LogP contribution in [0.4, 0.5) is 0 Å². The molecular formula is C15H16N2O2. The van der Waals surface area contributed by atoms with Crippen molar-refractivity contribution in [2.24, 2.45) is 0 Å². The van der Waals surface area contributed by atoms with Crippen molar-refractivity contribution in [3.05, 3.63) is 53.0 Å². The van der Waals surface area contributed by atoms with E-state index in [-0.39, 0.29) is 12.2 Å². The van der Waals surface area contributed by atoms with Crippen LogP contribution < -0.4 is 4.74 Å². The van der Waals surface area contributed by atoms with Gasteiger partial charge in [0.05, 0.1) is 19.2 Å². The van der Waals surface area contributed by atoms with Crippen LogP contribution in [0.1, 0.15) is 27.2 Å². The van der Waals surface area contributed by atoms with E-state index >= 15 is 0 Å². The van der Waals surface area contributed by atoms with E-state index in [2.05, 4.69) is 9.97 Å². The van der Waals surface area contributed by atoms with Gasteiger partial charge in [-0.25, -0.2) is 9.97 Å². The highest BCUT2D eigenvalue weighted by molar-refractivity contribution is 5.97. The van der Waals surface area contributed by atoms with Crippen molar-refractivity contribution in [1.29, 1.82) is 0 Å². The average Bonchev–Trinajstić information content (AvgIpc) is 2.37. The van der Waals surface area contributed by atoms with Crippen molar-refractivity contribution in [3.8, 4) is 5.88 Å². The number of carbonyl (C=O) groups is 1. The summed E-state index contributed by atoms with van der Waals surface area (Å²) >= 11 is 0. The Labute approximate surface area is 112 Å². The number of rotatable bonds is 4. The molecule has 0 bridgehead atoms. The predicted octanol–water partition coefficient (Wildman–Crippen LogP) is 2.53. The highest BCUT2D eigenvalue weighted by atomic mass is 16.5. The molecule has 98 valence electrons. The largest absolute Gasteiger partial charge is 0.481 e. The smallest absolute Gasteiger partial charge is 0.216 e. The van der Waals surface area contributed by atoms with Gasteiger partial charge in [0, 0.05) is 11.6 Å². The zero-order valence-electron chi connectivity index (χ0n) is 11.3. The molecule has 0 saturated carbocycles. The van der Waals surface area contributed by atoms with Crippen molar-refractivity contribution in [2.75, 3.05) is 7.11 Å². The van der Waals surface area contributed by atoms with Gasteiger partial charge < -0.3 is 4.74 Å². The first-order valence-corrected chi connectivity index (χ1v) is 6.05. The first kappa shape index (κ1) is 13.2. The van der Waals surface area contributed by atoms with E-state index in [4.69, 9.17) is 4.74 Å². The molecule has 19 heavy (non-hydrogen) atoms. The van der Waals surface area contributed by atoms with Gasteiger partial charge in [-0.3, -0.25) is 4.79 Å². The summed E-state index contributed by atoms with van der Waals surface area (Å²) in [7, 11) is 1.54. The number of ketones is 1. The molecule has 0 aliphatic carbocycles. The monoisotopic (exact) mass is 256 g/mol. The van der Waals surface area contributed by atoms with Gasteiger partial charge in [-0.2, -0.15) is 0 Å². The third-order valence-electron chi connectivity index (χ3n) is 2.79. The van der Waals surface area contributed by atoms with Crippen LogP contribution in [0.5, 0.6) is 5.88 Å². The minimum atomic E-state index is 0.0487. The van der Waals surface area contributed by atoms with Gasteiger partial charge in [0.25, 0.3) is 0 Å². The van der Waals surface area contributed by atoms with Gasteiger partial charge in [0.2, 0.25) is 5.88 Å². The van der Waals surface area contributed by atoms with E-state index in [1.54, 1.807) is 6.07 Å². The standard InChI is InChI=1S/C15H16N2O2/c1-10-4-11(2)6-12(5-10)14(18)7-13-8-15(19-3)17-9-16-13/h4-6,8-9H,7H2,1-3H3. The molecule has 2 rings (SSSR count). The molecule has 4 heteroatoms. The molecular weight excluding hydrogens is 240 g/mol. The fourth-order valence-electron chi connectivity index (χ4n) is 1.99. The summed E-state index contributed by atoms with van der Waals surface area (Å²) in [5, 5.41) is 0. The van der Waals surface area contributed by atoms with E-state index in [1.165, 1.54) is 13.4 Å². The first-order valence-electron chi connectivity index (χ1n) is 6.05. The Kier molecular flexibility index (Phi) is 3.90. The number of nitrogens with zero attached hydrogens (tertiary/aromatic N) is 2. The van der Waals surface area contributed by atoms with E-state index in [0.717, 1.165) is 16.7 Å². The Balaban J connectivity index is 2.20. The number of hydrogen-bond donors (Lipinski definition) is 0. The quantitative estimate of drug-likeness (QED) is 0.789. The van der Waals surface area contributed by atoms with Crippen LogP contribution >= 0.6 is 0 Å². The lowest BCUT2D eigenvalue weighted by molar-refractivity contribution is 0.0991. The van der Waals surface area contributed by atoms with Crippen LogP contribution in [0.25, 0.3) is 0 Å². The lowest BCUT2D eigenvalue weighted by Gasteiger charge is -2.05. The highest BCUT2D eigenvalue weighted by Crippen LogP contribution is 2.13. The summed E-state index contributed by atoms with van der Waals surface area (Å²) in [5.41, 5.74) is 3.55. The van der Waals surface area contributed by atoms with Gasteiger partial charge in [-0.15, -0.1) is 0 Å². The van der Waals surface area contributed by atoms with Crippen LogP contribution in [-0.4, -0.2) is 22.9 Å². The lowest BCUT2D eigenvalue weighted by Crippen LogP contribution is -2.06. The second-order valence-corrected chi connectivity index (χ2v) is 4.53. The summed E-state index contributed by atoms with van der Waals surface area (Å²) < 4.78 is 5.02. The number of benzene rings is 1.